The van der Waals surface area contributed by atoms with E-state index in [1.54, 1.807) is 5.32 Å². The van der Waals surface area contributed by atoms with Crippen LogP contribution in [0.25, 0.3) is 0 Å². The van der Waals surface area contributed by atoms with Crippen molar-refractivity contribution in [2.75, 3.05) is 12.4 Å². The number of nitrogens with one attached hydrogen (secondary N) is 2. The number of anilines is 1. The predicted molar refractivity (Wildman–Crippen MR) is 104 cm³/mol. The van der Waals surface area contributed by atoms with Crippen molar-refractivity contribution in [2.45, 2.75) is 34.3 Å². The number of alkyl halides is 3. The molecule has 32 heavy (non-hydrogen) atoms. The van der Waals surface area contributed by atoms with E-state index in [9.17, 15) is 41.3 Å². The number of methoxy groups -OCH3 is 1. The van der Waals surface area contributed by atoms with Crippen LogP contribution in [-0.4, -0.2) is 49.2 Å². The van der Waals surface area contributed by atoms with E-state index < -0.39 is 54.2 Å². The molecule has 0 unspecified atom stereocenters. The summed E-state index contributed by atoms with van der Waals surface area (Å²) in [5.74, 6) is -3.04. The standard InChI is InChI=1S/C16H15F3N4O7S2/c1-3-11(24)21-15(13(25)30-2,16(17,18)19)22-14-20-8-12(31-14)32(28,29)10-6-4-9(5-7-10)23(26)27/h4-8H,3H2,1-2H3,(H,20,22)(H,21,24)/t15-/m0/s1. The van der Waals surface area contributed by atoms with Crippen molar-refractivity contribution in [2.24, 2.45) is 0 Å². The number of esters is 1. The van der Waals surface area contributed by atoms with Crippen molar-refractivity contribution in [3.05, 3.63) is 40.6 Å². The lowest BCUT2D eigenvalue weighted by Crippen LogP contribution is -2.69. The number of carbonyl (C=O) groups is 2. The molecule has 0 saturated carbocycles. The van der Waals surface area contributed by atoms with Crippen LogP contribution in [0.15, 0.2) is 39.6 Å². The molecule has 0 spiro atoms. The van der Waals surface area contributed by atoms with E-state index in [0.717, 1.165) is 30.5 Å². The van der Waals surface area contributed by atoms with Gasteiger partial charge in [0.25, 0.3) is 5.69 Å². The molecule has 1 amide bonds. The van der Waals surface area contributed by atoms with Crippen LogP contribution < -0.4 is 10.6 Å². The summed E-state index contributed by atoms with van der Waals surface area (Å²) in [7, 11) is -3.62. The summed E-state index contributed by atoms with van der Waals surface area (Å²) in [5.41, 5.74) is -4.09. The number of hydrogen-bond donors (Lipinski definition) is 2. The zero-order valence-corrected chi connectivity index (χ0v) is 17.9. The van der Waals surface area contributed by atoms with Gasteiger partial charge in [0.15, 0.2) is 5.13 Å². The number of halogens is 3. The highest BCUT2D eigenvalue weighted by Gasteiger charge is 2.63. The lowest BCUT2D eigenvalue weighted by Gasteiger charge is -2.33. The Kier molecular flexibility index (Phi) is 7.09. The Hall–Kier alpha value is -3.27. The van der Waals surface area contributed by atoms with Crippen LogP contribution in [0.4, 0.5) is 24.0 Å². The number of non-ortho nitro benzene ring substituents is 1. The summed E-state index contributed by atoms with van der Waals surface area (Å²) in [5, 5.41) is 13.3. The molecule has 2 N–H and O–H groups in total. The molecule has 0 fully saturated rings. The molecule has 16 heteroatoms. The van der Waals surface area contributed by atoms with Crippen LogP contribution >= 0.6 is 11.3 Å². The molecule has 0 aliphatic carbocycles. The lowest BCUT2D eigenvalue weighted by atomic mass is 10.1. The van der Waals surface area contributed by atoms with Crippen molar-refractivity contribution < 1.29 is 40.8 Å². The van der Waals surface area contributed by atoms with Gasteiger partial charge in [-0.15, -0.1) is 0 Å². The summed E-state index contributed by atoms with van der Waals surface area (Å²) < 4.78 is 70.6. The molecule has 1 atom stereocenters. The Morgan fingerprint density at radius 1 is 1.25 bits per heavy atom. The number of sulfone groups is 1. The van der Waals surface area contributed by atoms with Gasteiger partial charge in [0.05, 0.1) is 23.1 Å². The molecule has 0 radical (unpaired) electrons. The van der Waals surface area contributed by atoms with Crippen molar-refractivity contribution in [1.29, 1.82) is 0 Å². The number of nitro benzene ring substituents is 1. The van der Waals surface area contributed by atoms with Gasteiger partial charge in [-0.2, -0.15) is 13.2 Å². The fraction of sp³-hybridized carbons (Fsp3) is 0.312. The molecular formula is C16H15F3N4O7S2. The second kappa shape index (κ2) is 9.07. The maximum Gasteiger partial charge on any atom is 0.442 e. The number of carbonyl (C=O) groups excluding carboxylic acids is 2. The van der Waals surface area contributed by atoms with Gasteiger partial charge in [0, 0.05) is 18.6 Å². The smallest absolute Gasteiger partial charge is 0.442 e. The lowest BCUT2D eigenvalue weighted by molar-refractivity contribution is -0.384. The van der Waals surface area contributed by atoms with E-state index in [1.165, 1.54) is 12.2 Å². The number of benzene rings is 1. The van der Waals surface area contributed by atoms with Gasteiger partial charge in [-0.25, -0.2) is 18.2 Å². The number of aromatic nitrogens is 1. The zero-order chi connectivity index (χ0) is 24.3. The average Bonchev–Trinajstić information content (AvgIpc) is 3.20. The largest absolute Gasteiger partial charge is 0.466 e. The van der Waals surface area contributed by atoms with Gasteiger partial charge in [-0.1, -0.05) is 18.3 Å². The number of amides is 1. The van der Waals surface area contributed by atoms with Crippen LogP contribution in [0.3, 0.4) is 0 Å². The summed E-state index contributed by atoms with van der Waals surface area (Å²) in [6.45, 7) is 1.26. The van der Waals surface area contributed by atoms with Gasteiger partial charge in [-0.3, -0.25) is 14.9 Å². The normalized spacial score (nSPS) is 13.7. The van der Waals surface area contributed by atoms with Gasteiger partial charge in [0.2, 0.25) is 15.7 Å². The minimum atomic E-state index is -5.39. The molecule has 1 heterocycles. The third kappa shape index (κ3) is 4.80. The van der Waals surface area contributed by atoms with Crippen molar-refractivity contribution >= 4 is 43.9 Å². The number of thiazole rings is 1. The van der Waals surface area contributed by atoms with Gasteiger partial charge in [-0.05, 0) is 12.1 Å². The van der Waals surface area contributed by atoms with Gasteiger partial charge in [0.1, 0.15) is 4.21 Å². The van der Waals surface area contributed by atoms with Crippen molar-refractivity contribution in [3.63, 3.8) is 0 Å². The van der Waals surface area contributed by atoms with Crippen LogP contribution in [0.2, 0.25) is 0 Å². The summed E-state index contributed by atoms with van der Waals surface area (Å²) >= 11 is 0.248. The fourth-order valence-corrected chi connectivity index (χ4v) is 4.79. The molecule has 0 aliphatic rings. The molecular weight excluding hydrogens is 481 g/mol. The van der Waals surface area contributed by atoms with E-state index in [-0.39, 0.29) is 21.9 Å². The Morgan fingerprint density at radius 3 is 2.31 bits per heavy atom. The Bertz CT molecular complexity index is 1130. The minimum Gasteiger partial charge on any atom is -0.466 e. The van der Waals surface area contributed by atoms with E-state index in [4.69, 9.17) is 0 Å². The molecule has 174 valence electrons. The number of ether oxygens (including phenoxy) is 1. The van der Waals surface area contributed by atoms with Crippen LogP contribution in [0.1, 0.15) is 13.3 Å². The summed E-state index contributed by atoms with van der Waals surface area (Å²) in [6.07, 6.45) is -5.05. The summed E-state index contributed by atoms with van der Waals surface area (Å²) in [6, 6.07) is 3.80. The molecule has 1 aromatic heterocycles. The fourth-order valence-electron chi connectivity index (χ4n) is 2.31. The van der Waals surface area contributed by atoms with E-state index in [1.807, 2.05) is 0 Å². The van der Waals surface area contributed by atoms with Crippen LogP contribution in [0.5, 0.6) is 0 Å². The molecule has 1 aromatic carbocycles. The number of nitrogens with zero attached hydrogens (tertiary/aromatic N) is 2. The Morgan fingerprint density at radius 2 is 1.84 bits per heavy atom. The first-order valence-electron chi connectivity index (χ1n) is 8.48. The molecule has 11 nitrogen and oxygen atoms in total. The third-order valence-corrected chi connectivity index (χ3v) is 7.11. The van der Waals surface area contributed by atoms with E-state index >= 15 is 0 Å². The summed E-state index contributed by atoms with van der Waals surface area (Å²) in [4.78, 5) is 36.9. The second-order valence-electron chi connectivity index (χ2n) is 6.00. The third-order valence-electron chi connectivity index (χ3n) is 3.97. The van der Waals surface area contributed by atoms with Crippen LogP contribution in [0, 0.1) is 10.1 Å². The molecule has 2 rings (SSSR count). The maximum atomic E-state index is 13.8. The number of rotatable bonds is 8. The van der Waals surface area contributed by atoms with E-state index in [0.29, 0.717) is 7.11 Å². The number of hydrogen-bond acceptors (Lipinski definition) is 10. The zero-order valence-electron chi connectivity index (χ0n) is 16.3. The number of nitro groups is 1. The molecule has 0 aliphatic heterocycles. The first kappa shape index (κ1) is 25.0. The highest BCUT2D eigenvalue weighted by atomic mass is 32.2. The Labute approximate surface area is 182 Å². The topological polar surface area (TPSA) is 158 Å². The van der Waals surface area contributed by atoms with Crippen LogP contribution in [-0.2, 0) is 24.2 Å². The molecule has 0 bridgehead atoms. The monoisotopic (exact) mass is 496 g/mol. The highest BCUT2D eigenvalue weighted by Crippen LogP contribution is 2.36. The van der Waals surface area contributed by atoms with Gasteiger partial charge >= 0.3 is 17.8 Å². The quantitative estimate of drug-likeness (QED) is 0.242. The predicted octanol–water partition coefficient (Wildman–Crippen LogP) is 2.25. The first-order chi connectivity index (χ1) is 14.8. The molecule has 2 aromatic rings. The van der Waals surface area contributed by atoms with Gasteiger partial charge < -0.3 is 15.4 Å². The first-order valence-corrected chi connectivity index (χ1v) is 10.8. The average molecular weight is 496 g/mol. The molecule has 0 saturated heterocycles. The highest BCUT2D eigenvalue weighted by molar-refractivity contribution is 7.93. The van der Waals surface area contributed by atoms with Crippen molar-refractivity contribution in [3.8, 4) is 0 Å². The minimum absolute atomic E-state index is 0.248. The maximum absolute atomic E-state index is 13.8. The van der Waals surface area contributed by atoms with E-state index in [2.05, 4.69) is 9.72 Å². The Balaban J connectivity index is 2.46. The van der Waals surface area contributed by atoms with Crippen molar-refractivity contribution in [1.82, 2.24) is 10.3 Å². The second-order valence-corrected chi connectivity index (χ2v) is 9.21. The SMILES string of the molecule is CCC(=O)N[C@](Nc1ncc(S(=O)(=O)c2ccc([N+](=O)[O-])cc2)s1)(C(=O)OC)C(F)(F)F.